The third-order valence-corrected chi connectivity index (χ3v) is 5.36. The Balaban J connectivity index is 1.26. The van der Waals surface area contributed by atoms with Crippen molar-refractivity contribution in [3.8, 4) is 5.75 Å². The zero-order valence-electron chi connectivity index (χ0n) is 17.2. The number of benzene rings is 1. The van der Waals surface area contributed by atoms with Gasteiger partial charge in [-0.3, -0.25) is 14.9 Å². The molecule has 0 spiro atoms. The first-order valence-electron chi connectivity index (χ1n) is 10.3. The maximum atomic E-state index is 12.5. The van der Waals surface area contributed by atoms with E-state index in [2.05, 4.69) is 27.9 Å². The lowest BCUT2D eigenvalue weighted by Crippen LogP contribution is -2.49. The Morgan fingerprint density at radius 2 is 1.70 bits per heavy atom. The summed E-state index contributed by atoms with van der Waals surface area (Å²) in [5.41, 5.74) is 4.43. The Labute approximate surface area is 177 Å². The molecule has 6 nitrogen and oxygen atoms in total. The summed E-state index contributed by atoms with van der Waals surface area (Å²) in [7, 11) is 0. The van der Waals surface area contributed by atoms with Crippen molar-refractivity contribution >= 4 is 6.09 Å². The second-order valence-corrected chi connectivity index (χ2v) is 7.54. The maximum absolute atomic E-state index is 12.5. The van der Waals surface area contributed by atoms with Crippen LogP contribution in [0.1, 0.15) is 22.5 Å². The van der Waals surface area contributed by atoms with Crippen LogP contribution >= 0.6 is 0 Å². The van der Waals surface area contributed by atoms with Crippen molar-refractivity contribution in [3.63, 3.8) is 0 Å². The van der Waals surface area contributed by atoms with Crippen LogP contribution in [0.4, 0.5) is 4.79 Å². The molecule has 3 heterocycles. The van der Waals surface area contributed by atoms with Gasteiger partial charge in [-0.15, -0.1) is 0 Å². The van der Waals surface area contributed by atoms with Gasteiger partial charge in [-0.25, -0.2) is 4.79 Å². The van der Waals surface area contributed by atoms with Crippen molar-refractivity contribution in [3.05, 3.63) is 89.5 Å². The van der Waals surface area contributed by atoms with Crippen molar-refractivity contribution in [1.82, 2.24) is 19.8 Å². The molecule has 0 unspecified atom stereocenters. The van der Waals surface area contributed by atoms with Crippen LogP contribution in [0.2, 0.25) is 0 Å². The van der Waals surface area contributed by atoms with Crippen LogP contribution in [0, 0.1) is 6.92 Å². The monoisotopic (exact) mass is 402 g/mol. The number of rotatable bonds is 5. The number of ether oxygens (including phenoxy) is 1. The van der Waals surface area contributed by atoms with E-state index in [-0.39, 0.29) is 6.09 Å². The number of hydrogen-bond donors (Lipinski definition) is 0. The molecule has 0 N–H and O–H groups in total. The van der Waals surface area contributed by atoms with E-state index in [0.29, 0.717) is 18.8 Å². The number of amides is 1. The molecule has 1 aliphatic heterocycles. The molecule has 0 saturated carbocycles. The number of aryl methyl sites for hydroxylation is 1. The molecule has 0 aliphatic carbocycles. The summed E-state index contributed by atoms with van der Waals surface area (Å²) in [6.45, 7) is 5.81. The standard InChI is InChI=1S/C24H26N4O2/c1-19-5-4-12-26-23(19)17-20-7-9-22(10-8-20)30-24(29)28-15-13-27(14-16-28)18-21-6-2-3-11-25-21/h2-12H,13-18H2,1H3. The first-order valence-corrected chi connectivity index (χ1v) is 10.3. The molecular formula is C24H26N4O2. The van der Waals surface area contributed by atoms with Crippen LogP contribution < -0.4 is 4.74 Å². The second kappa shape index (κ2) is 9.50. The van der Waals surface area contributed by atoms with Gasteiger partial charge in [0.1, 0.15) is 5.75 Å². The lowest BCUT2D eigenvalue weighted by molar-refractivity contribution is 0.107. The van der Waals surface area contributed by atoms with Gasteiger partial charge in [-0.05, 0) is 48.4 Å². The molecule has 1 amide bonds. The highest BCUT2D eigenvalue weighted by atomic mass is 16.6. The number of aromatic nitrogens is 2. The molecule has 0 atom stereocenters. The highest BCUT2D eigenvalue weighted by Crippen LogP contribution is 2.17. The molecule has 1 aromatic carbocycles. The predicted octanol–water partition coefficient (Wildman–Crippen LogP) is 3.69. The van der Waals surface area contributed by atoms with Crippen molar-refractivity contribution in [2.75, 3.05) is 26.2 Å². The van der Waals surface area contributed by atoms with Crippen LogP contribution in [0.25, 0.3) is 0 Å². The van der Waals surface area contributed by atoms with Gasteiger partial charge in [0.15, 0.2) is 0 Å². The van der Waals surface area contributed by atoms with Crippen molar-refractivity contribution in [2.24, 2.45) is 0 Å². The zero-order valence-corrected chi connectivity index (χ0v) is 17.2. The van der Waals surface area contributed by atoms with E-state index < -0.39 is 0 Å². The quantitative estimate of drug-likeness (QED) is 0.651. The minimum Gasteiger partial charge on any atom is -0.410 e. The first-order chi connectivity index (χ1) is 14.7. The Morgan fingerprint density at radius 1 is 0.933 bits per heavy atom. The number of nitrogens with zero attached hydrogens (tertiary/aromatic N) is 4. The van der Waals surface area contributed by atoms with Crippen LogP contribution in [0.5, 0.6) is 5.75 Å². The SMILES string of the molecule is Cc1cccnc1Cc1ccc(OC(=O)N2CCN(Cc3ccccn3)CC2)cc1. The van der Waals surface area contributed by atoms with Crippen molar-refractivity contribution in [1.29, 1.82) is 0 Å². The summed E-state index contributed by atoms with van der Waals surface area (Å²) in [6.07, 6.45) is 4.10. The number of hydrogen-bond acceptors (Lipinski definition) is 5. The smallest absolute Gasteiger partial charge is 0.410 e. The Bertz CT molecular complexity index is 968. The molecule has 1 aliphatic rings. The zero-order chi connectivity index (χ0) is 20.8. The number of carbonyl (C=O) groups is 1. The predicted molar refractivity (Wildman–Crippen MR) is 115 cm³/mol. The molecule has 6 heteroatoms. The van der Waals surface area contributed by atoms with Gasteiger partial charge >= 0.3 is 6.09 Å². The molecule has 4 rings (SSSR count). The summed E-state index contributed by atoms with van der Waals surface area (Å²) in [4.78, 5) is 25.4. The van der Waals surface area contributed by atoms with Gasteiger partial charge in [0, 0.05) is 57.2 Å². The Kier molecular flexibility index (Phi) is 6.35. The minimum absolute atomic E-state index is 0.291. The van der Waals surface area contributed by atoms with Crippen LogP contribution in [0.3, 0.4) is 0 Å². The van der Waals surface area contributed by atoms with E-state index in [0.717, 1.165) is 43.0 Å². The van der Waals surface area contributed by atoms with Crippen LogP contribution in [-0.2, 0) is 13.0 Å². The van der Waals surface area contributed by atoms with E-state index in [9.17, 15) is 4.79 Å². The molecule has 154 valence electrons. The molecule has 0 radical (unpaired) electrons. The average molecular weight is 402 g/mol. The molecule has 0 bridgehead atoms. The molecule has 1 fully saturated rings. The van der Waals surface area contributed by atoms with Gasteiger partial charge in [0.25, 0.3) is 0 Å². The van der Waals surface area contributed by atoms with E-state index >= 15 is 0 Å². The van der Waals surface area contributed by atoms with Crippen molar-refractivity contribution < 1.29 is 9.53 Å². The average Bonchev–Trinajstić information content (AvgIpc) is 2.78. The largest absolute Gasteiger partial charge is 0.415 e. The van der Waals surface area contributed by atoms with Crippen molar-refractivity contribution in [2.45, 2.75) is 19.9 Å². The fourth-order valence-electron chi connectivity index (χ4n) is 3.55. The molecular weight excluding hydrogens is 376 g/mol. The number of piperazine rings is 1. The number of carbonyl (C=O) groups excluding carboxylic acids is 1. The van der Waals surface area contributed by atoms with E-state index in [1.165, 1.54) is 5.56 Å². The van der Waals surface area contributed by atoms with E-state index in [4.69, 9.17) is 4.74 Å². The molecule has 2 aromatic heterocycles. The lowest BCUT2D eigenvalue weighted by Gasteiger charge is -2.33. The summed E-state index contributed by atoms with van der Waals surface area (Å²) in [5.74, 6) is 0.567. The second-order valence-electron chi connectivity index (χ2n) is 7.54. The summed E-state index contributed by atoms with van der Waals surface area (Å²) < 4.78 is 5.58. The maximum Gasteiger partial charge on any atom is 0.415 e. The normalized spacial score (nSPS) is 14.5. The third kappa shape index (κ3) is 5.21. The van der Waals surface area contributed by atoms with Crippen LogP contribution in [0.15, 0.2) is 67.0 Å². The molecule has 1 saturated heterocycles. The van der Waals surface area contributed by atoms with Gasteiger partial charge in [0.05, 0.1) is 5.69 Å². The first kappa shape index (κ1) is 20.0. The van der Waals surface area contributed by atoms with Crippen LogP contribution in [-0.4, -0.2) is 52.0 Å². The fourth-order valence-corrected chi connectivity index (χ4v) is 3.55. The van der Waals surface area contributed by atoms with E-state index in [1.807, 2.05) is 60.9 Å². The third-order valence-electron chi connectivity index (χ3n) is 5.36. The van der Waals surface area contributed by atoms with Gasteiger partial charge in [-0.2, -0.15) is 0 Å². The number of pyridine rings is 2. The topological polar surface area (TPSA) is 58.6 Å². The lowest BCUT2D eigenvalue weighted by atomic mass is 10.1. The Hall–Kier alpha value is -3.25. The fraction of sp³-hybridized carbons (Fsp3) is 0.292. The summed E-state index contributed by atoms with van der Waals surface area (Å²) in [6, 6.07) is 17.6. The Morgan fingerprint density at radius 3 is 2.40 bits per heavy atom. The van der Waals surface area contributed by atoms with Gasteiger partial charge in [0.2, 0.25) is 0 Å². The van der Waals surface area contributed by atoms with Gasteiger partial charge in [-0.1, -0.05) is 24.3 Å². The summed E-state index contributed by atoms with van der Waals surface area (Å²) >= 11 is 0. The molecule has 3 aromatic rings. The van der Waals surface area contributed by atoms with Gasteiger partial charge < -0.3 is 9.64 Å². The minimum atomic E-state index is -0.291. The summed E-state index contributed by atoms with van der Waals surface area (Å²) in [5, 5.41) is 0. The highest BCUT2D eigenvalue weighted by molar-refractivity contribution is 5.70. The molecule has 30 heavy (non-hydrogen) atoms. The van der Waals surface area contributed by atoms with E-state index in [1.54, 1.807) is 4.90 Å². The highest BCUT2D eigenvalue weighted by Gasteiger charge is 2.22.